The second-order valence-corrected chi connectivity index (χ2v) is 3.63. The van der Waals surface area contributed by atoms with Crippen LogP contribution in [0.4, 0.5) is 0 Å². The van der Waals surface area contributed by atoms with Crippen molar-refractivity contribution >= 4 is 24.2 Å². The molecule has 2 rings (SSSR count). The van der Waals surface area contributed by atoms with Crippen molar-refractivity contribution in [1.29, 1.82) is 0 Å². The summed E-state index contributed by atoms with van der Waals surface area (Å²) in [6.07, 6.45) is 0. The van der Waals surface area contributed by atoms with E-state index >= 15 is 0 Å². The van der Waals surface area contributed by atoms with Gasteiger partial charge in [-0.2, -0.15) is 12.6 Å². The summed E-state index contributed by atoms with van der Waals surface area (Å²) >= 11 is 3.92. The van der Waals surface area contributed by atoms with E-state index in [0.29, 0.717) is 22.6 Å². The first-order valence-electron chi connectivity index (χ1n) is 4.70. The SMILES string of the molecule is COc1ccc(C(=O)CS)c2c1C(=O)CO2. The van der Waals surface area contributed by atoms with Gasteiger partial charge in [-0.1, -0.05) is 0 Å². The molecule has 0 amide bonds. The molecule has 0 aliphatic carbocycles. The van der Waals surface area contributed by atoms with Crippen molar-refractivity contribution in [3.63, 3.8) is 0 Å². The molecule has 4 nitrogen and oxygen atoms in total. The van der Waals surface area contributed by atoms with Crippen molar-refractivity contribution in [2.75, 3.05) is 19.5 Å². The number of ketones is 2. The summed E-state index contributed by atoms with van der Waals surface area (Å²) in [7, 11) is 1.47. The number of fused-ring (bicyclic) bond motifs is 1. The van der Waals surface area contributed by atoms with Crippen LogP contribution in [0.15, 0.2) is 12.1 Å². The third-order valence-electron chi connectivity index (χ3n) is 2.41. The summed E-state index contributed by atoms with van der Waals surface area (Å²) in [6, 6.07) is 3.19. The van der Waals surface area contributed by atoms with Gasteiger partial charge in [-0.25, -0.2) is 0 Å². The predicted molar refractivity (Wildman–Crippen MR) is 61.0 cm³/mol. The minimum atomic E-state index is -0.170. The first-order valence-corrected chi connectivity index (χ1v) is 5.33. The summed E-state index contributed by atoms with van der Waals surface area (Å²) in [5.41, 5.74) is 0.742. The highest BCUT2D eigenvalue weighted by atomic mass is 32.1. The molecule has 5 heteroatoms. The second-order valence-electron chi connectivity index (χ2n) is 3.31. The smallest absolute Gasteiger partial charge is 0.207 e. The Morgan fingerprint density at radius 2 is 2.31 bits per heavy atom. The van der Waals surface area contributed by atoms with Gasteiger partial charge in [0.2, 0.25) is 5.78 Å². The highest BCUT2D eigenvalue weighted by molar-refractivity contribution is 7.81. The van der Waals surface area contributed by atoms with Crippen LogP contribution < -0.4 is 9.47 Å². The lowest BCUT2D eigenvalue weighted by Crippen LogP contribution is -2.03. The Bertz CT molecular complexity index is 467. The van der Waals surface area contributed by atoms with Gasteiger partial charge in [-0.15, -0.1) is 0 Å². The number of hydrogen-bond acceptors (Lipinski definition) is 5. The van der Waals surface area contributed by atoms with Gasteiger partial charge in [0, 0.05) is 0 Å². The Kier molecular flexibility index (Phi) is 2.87. The fourth-order valence-corrected chi connectivity index (χ4v) is 1.83. The van der Waals surface area contributed by atoms with Gasteiger partial charge in [-0.3, -0.25) is 9.59 Å². The van der Waals surface area contributed by atoms with Crippen molar-refractivity contribution in [2.24, 2.45) is 0 Å². The topological polar surface area (TPSA) is 52.6 Å². The average Bonchev–Trinajstić information content (AvgIpc) is 2.70. The van der Waals surface area contributed by atoms with Crippen LogP contribution in [0.1, 0.15) is 20.7 Å². The Morgan fingerprint density at radius 1 is 1.56 bits per heavy atom. The molecule has 1 aliphatic rings. The van der Waals surface area contributed by atoms with Gasteiger partial charge in [0.05, 0.1) is 18.4 Å². The fraction of sp³-hybridized carbons (Fsp3) is 0.273. The number of carbonyl (C=O) groups excluding carboxylic acids is 2. The van der Waals surface area contributed by atoms with Gasteiger partial charge >= 0.3 is 0 Å². The van der Waals surface area contributed by atoms with Crippen LogP contribution in [0, 0.1) is 0 Å². The number of methoxy groups -OCH3 is 1. The molecule has 0 bridgehead atoms. The van der Waals surface area contributed by atoms with Gasteiger partial charge in [0.1, 0.15) is 17.1 Å². The number of Topliss-reactive ketones (excluding diaryl/α,β-unsaturated/α-hetero) is 2. The zero-order chi connectivity index (χ0) is 11.7. The number of ether oxygens (including phenoxy) is 2. The third-order valence-corrected chi connectivity index (χ3v) is 2.70. The molecule has 1 aliphatic heterocycles. The first-order chi connectivity index (χ1) is 7.69. The Morgan fingerprint density at radius 3 is 2.94 bits per heavy atom. The van der Waals surface area contributed by atoms with E-state index in [1.807, 2.05) is 0 Å². The average molecular weight is 238 g/mol. The maximum absolute atomic E-state index is 11.6. The predicted octanol–water partition coefficient (Wildman–Crippen LogP) is 1.38. The Hall–Kier alpha value is -1.49. The lowest BCUT2D eigenvalue weighted by atomic mass is 10.0. The molecule has 0 spiro atoms. The minimum Gasteiger partial charge on any atom is -0.496 e. The molecule has 0 saturated carbocycles. The molecule has 84 valence electrons. The highest BCUT2D eigenvalue weighted by Gasteiger charge is 2.30. The molecule has 1 aromatic carbocycles. The van der Waals surface area contributed by atoms with E-state index in [4.69, 9.17) is 9.47 Å². The van der Waals surface area contributed by atoms with Gasteiger partial charge in [0.15, 0.2) is 12.4 Å². The van der Waals surface area contributed by atoms with Crippen LogP contribution in [-0.2, 0) is 0 Å². The lowest BCUT2D eigenvalue weighted by Gasteiger charge is -2.08. The van der Waals surface area contributed by atoms with Crippen molar-refractivity contribution < 1.29 is 19.1 Å². The molecule has 0 atom stereocenters. The van der Waals surface area contributed by atoms with Gasteiger partial charge in [-0.05, 0) is 12.1 Å². The van der Waals surface area contributed by atoms with Crippen LogP contribution in [0.5, 0.6) is 11.5 Å². The largest absolute Gasteiger partial charge is 0.496 e. The highest BCUT2D eigenvalue weighted by Crippen LogP contribution is 2.36. The van der Waals surface area contributed by atoms with E-state index in [0.717, 1.165) is 0 Å². The molecule has 0 fully saturated rings. The maximum atomic E-state index is 11.6. The summed E-state index contributed by atoms with van der Waals surface area (Å²) in [5, 5.41) is 0. The molecular formula is C11H10O4S. The fourth-order valence-electron chi connectivity index (χ4n) is 1.66. The summed E-state index contributed by atoms with van der Waals surface area (Å²) in [6.45, 7) is -0.0391. The molecule has 0 radical (unpaired) electrons. The van der Waals surface area contributed by atoms with Gasteiger partial charge < -0.3 is 9.47 Å². The van der Waals surface area contributed by atoms with Crippen molar-refractivity contribution in [3.8, 4) is 11.5 Å². The first kappa shape index (κ1) is 11.0. The molecular weight excluding hydrogens is 228 g/mol. The molecule has 0 unspecified atom stereocenters. The van der Waals surface area contributed by atoms with E-state index < -0.39 is 0 Å². The quantitative estimate of drug-likeness (QED) is 0.638. The van der Waals surface area contributed by atoms with Crippen molar-refractivity contribution in [2.45, 2.75) is 0 Å². The van der Waals surface area contributed by atoms with Crippen LogP contribution in [0.2, 0.25) is 0 Å². The number of rotatable bonds is 3. The van der Waals surface area contributed by atoms with E-state index in [2.05, 4.69) is 12.6 Å². The van der Waals surface area contributed by atoms with Crippen LogP contribution in [-0.4, -0.2) is 31.0 Å². The monoisotopic (exact) mass is 238 g/mol. The molecule has 1 heterocycles. The molecule has 16 heavy (non-hydrogen) atoms. The van der Waals surface area contributed by atoms with Crippen LogP contribution >= 0.6 is 12.6 Å². The molecule has 0 aromatic heterocycles. The zero-order valence-electron chi connectivity index (χ0n) is 8.65. The van der Waals surface area contributed by atoms with E-state index in [-0.39, 0.29) is 23.9 Å². The Labute approximate surface area is 98.0 Å². The van der Waals surface area contributed by atoms with Crippen molar-refractivity contribution in [1.82, 2.24) is 0 Å². The van der Waals surface area contributed by atoms with E-state index in [1.54, 1.807) is 12.1 Å². The minimum absolute atomic E-state index is 0.0391. The summed E-state index contributed by atoms with van der Waals surface area (Å²) in [5.74, 6) is 0.505. The number of thiol groups is 1. The molecule has 0 saturated heterocycles. The molecule has 0 N–H and O–H groups in total. The number of carbonyl (C=O) groups is 2. The normalized spacial score (nSPS) is 13.2. The molecule has 1 aromatic rings. The van der Waals surface area contributed by atoms with Gasteiger partial charge in [0.25, 0.3) is 0 Å². The third kappa shape index (κ3) is 1.57. The van der Waals surface area contributed by atoms with Crippen molar-refractivity contribution in [3.05, 3.63) is 23.3 Å². The van der Waals surface area contributed by atoms with Crippen LogP contribution in [0.3, 0.4) is 0 Å². The summed E-state index contributed by atoms with van der Waals surface area (Å²) in [4.78, 5) is 23.1. The standard InChI is InChI=1S/C11H10O4S/c1-14-9-3-2-6(8(13)5-16)11-10(9)7(12)4-15-11/h2-3,16H,4-5H2,1H3. The zero-order valence-corrected chi connectivity index (χ0v) is 9.54. The number of hydrogen-bond donors (Lipinski definition) is 1. The van der Waals surface area contributed by atoms with Crippen LogP contribution in [0.25, 0.3) is 0 Å². The Balaban J connectivity index is 2.61. The number of benzene rings is 1. The summed E-state index contributed by atoms with van der Waals surface area (Å²) < 4.78 is 10.3. The maximum Gasteiger partial charge on any atom is 0.207 e. The second kappa shape index (κ2) is 4.17. The lowest BCUT2D eigenvalue weighted by molar-refractivity contribution is 0.0954. The van der Waals surface area contributed by atoms with E-state index in [9.17, 15) is 9.59 Å². The van der Waals surface area contributed by atoms with E-state index in [1.165, 1.54) is 7.11 Å².